The van der Waals surface area contributed by atoms with Crippen molar-refractivity contribution in [3.8, 4) is 0 Å². The first kappa shape index (κ1) is 20.8. The van der Waals surface area contributed by atoms with Gasteiger partial charge in [-0.3, -0.25) is 0 Å². The standard InChI is InChI=1S/C9H17N3O3.C8H14O/c1-4-6-8(13)5(2)7(11-12-10)9(14-3)15-6;1-6-4-5-9-8(3)7(6)2/h5-9,13H,4H2,1-3H3;4-8H,1-3H3/t5-,6?,7?,8+,9+;6-,7+,8?/m11/s1. The Labute approximate surface area is 144 Å². The van der Waals surface area contributed by atoms with Crippen LogP contribution in [0.4, 0.5) is 0 Å². The number of ether oxygens (including phenoxy) is 3. The lowest BCUT2D eigenvalue weighted by atomic mass is 9.88. The van der Waals surface area contributed by atoms with Crippen LogP contribution in [-0.2, 0) is 14.2 Å². The van der Waals surface area contributed by atoms with Gasteiger partial charge in [-0.05, 0) is 42.7 Å². The zero-order valence-corrected chi connectivity index (χ0v) is 15.5. The van der Waals surface area contributed by atoms with Crippen molar-refractivity contribution in [2.75, 3.05) is 7.11 Å². The molecule has 3 unspecified atom stereocenters. The van der Waals surface area contributed by atoms with E-state index in [1.165, 1.54) is 7.11 Å². The maximum atomic E-state index is 9.88. The summed E-state index contributed by atoms with van der Waals surface area (Å²) in [5, 5.41) is 13.5. The number of methoxy groups -OCH3 is 1. The minimum Gasteiger partial charge on any atom is -0.498 e. The van der Waals surface area contributed by atoms with Crippen molar-refractivity contribution in [2.24, 2.45) is 22.9 Å². The van der Waals surface area contributed by atoms with Gasteiger partial charge in [-0.1, -0.05) is 32.8 Å². The molecule has 0 amide bonds. The Bertz CT molecular complexity index is 451. The molecular formula is C17H31N3O4. The van der Waals surface area contributed by atoms with E-state index in [0.717, 1.165) is 0 Å². The Hall–Kier alpha value is -1.27. The summed E-state index contributed by atoms with van der Waals surface area (Å²) < 4.78 is 15.9. The first-order valence-electron chi connectivity index (χ1n) is 8.59. The van der Waals surface area contributed by atoms with Crippen LogP contribution in [0.5, 0.6) is 0 Å². The number of azide groups is 1. The second kappa shape index (κ2) is 9.89. The average molecular weight is 341 g/mol. The third-order valence-corrected chi connectivity index (χ3v) is 5.11. The molecular weight excluding hydrogens is 310 g/mol. The molecule has 7 nitrogen and oxygen atoms in total. The van der Waals surface area contributed by atoms with E-state index >= 15 is 0 Å². The summed E-state index contributed by atoms with van der Waals surface area (Å²) >= 11 is 0. The summed E-state index contributed by atoms with van der Waals surface area (Å²) in [4.78, 5) is 2.75. The van der Waals surface area contributed by atoms with Crippen LogP contribution in [-0.4, -0.2) is 42.9 Å². The predicted octanol–water partition coefficient (Wildman–Crippen LogP) is 3.63. The van der Waals surface area contributed by atoms with E-state index in [9.17, 15) is 5.11 Å². The highest BCUT2D eigenvalue weighted by atomic mass is 16.7. The molecule has 0 aromatic rings. The maximum Gasteiger partial charge on any atom is 0.166 e. The molecule has 0 spiro atoms. The van der Waals surface area contributed by atoms with Crippen molar-refractivity contribution >= 4 is 0 Å². The highest BCUT2D eigenvalue weighted by Crippen LogP contribution is 2.30. The zero-order chi connectivity index (χ0) is 18.3. The van der Waals surface area contributed by atoms with E-state index in [1.807, 2.05) is 20.1 Å². The van der Waals surface area contributed by atoms with Crippen molar-refractivity contribution in [1.82, 2.24) is 0 Å². The van der Waals surface area contributed by atoms with Crippen molar-refractivity contribution in [1.29, 1.82) is 0 Å². The number of rotatable bonds is 3. The number of aliphatic hydroxyl groups is 1. The van der Waals surface area contributed by atoms with Gasteiger partial charge >= 0.3 is 0 Å². The van der Waals surface area contributed by atoms with Gasteiger partial charge in [0.1, 0.15) is 0 Å². The van der Waals surface area contributed by atoms with E-state index in [2.05, 4.69) is 36.9 Å². The number of hydrogen-bond donors (Lipinski definition) is 1. The largest absolute Gasteiger partial charge is 0.498 e. The fourth-order valence-electron chi connectivity index (χ4n) is 2.89. The van der Waals surface area contributed by atoms with Crippen LogP contribution in [0.1, 0.15) is 41.0 Å². The molecule has 24 heavy (non-hydrogen) atoms. The van der Waals surface area contributed by atoms with Gasteiger partial charge in [0, 0.05) is 12.0 Å². The van der Waals surface area contributed by atoms with Crippen molar-refractivity contribution in [2.45, 2.75) is 71.7 Å². The van der Waals surface area contributed by atoms with Gasteiger partial charge < -0.3 is 19.3 Å². The smallest absolute Gasteiger partial charge is 0.166 e. The highest BCUT2D eigenvalue weighted by molar-refractivity contribution is 4.91. The molecule has 8 atom stereocenters. The lowest BCUT2D eigenvalue weighted by molar-refractivity contribution is -0.236. The topological polar surface area (TPSA) is 96.7 Å². The highest BCUT2D eigenvalue weighted by Gasteiger charge is 2.41. The fraction of sp³-hybridized carbons (Fsp3) is 0.882. The number of nitrogens with zero attached hydrogens (tertiary/aromatic N) is 3. The molecule has 0 aliphatic carbocycles. The van der Waals surface area contributed by atoms with Crippen molar-refractivity contribution in [3.05, 3.63) is 22.8 Å². The third-order valence-electron chi connectivity index (χ3n) is 5.11. The number of hydrogen-bond acceptors (Lipinski definition) is 5. The summed E-state index contributed by atoms with van der Waals surface area (Å²) in [6.07, 6.45) is 3.59. The molecule has 2 aliphatic heterocycles. The second-order valence-corrected chi connectivity index (χ2v) is 6.62. The summed E-state index contributed by atoms with van der Waals surface area (Å²) in [5.41, 5.74) is 8.42. The van der Waals surface area contributed by atoms with E-state index in [1.54, 1.807) is 0 Å². The van der Waals surface area contributed by atoms with Crippen LogP contribution >= 0.6 is 0 Å². The Kier molecular flexibility index (Phi) is 8.56. The molecule has 138 valence electrons. The lowest BCUT2D eigenvalue weighted by Gasteiger charge is -2.41. The molecule has 1 fully saturated rings. The fourth-order valence-corrected chi connectivity index (χ4v) is 2.89. The Morgan fingerprint density at radius 2 is 1.92 bits per heavy atom. The van der Waals surface area contributed by atoms with E-state index in [0.29, 0.717) is 24.4 Å². The van der Waals surface area contributed by atoms with Crippen LogP contribution in [0, 0.1) is 17.8 Å². The van der Waals surface area contributed by atoms with E-state index in [-0.39, 0.29) is 12.0 Å². The molecule has 0 saturated carbocycles. The molecule has 0 aromatic heterocycles. The molecule has 0 radical (unpaired) electrons. The van der Waals surface area contributed by atoms with Crippen LogP contribution in [0.2, 0.25) is 0 Å². The average Bonchev–Trinajstić information content (AvgIpc) is 2.58. The predicted molar refractivity (Wildman–Crippen MR) is 92.1 cm³/mol. The van der Waals surface area contributed by atoms with Crippen molar-refractivity contribution in [3.63, 3.8) is 0 Å². The minimum absolute atomic E-state index is 0.162. The van der Waals surface area contributed by atoms with Gasteiger partial charge in [-0.25, -0.2) is 0 Å². The molecule has 0 bridgehead atoms. The molecule has 2 rings (SSSR count). The summed E-state index contributed by atoms with van der Waals surface area (Å²) in [6, 6.07) is -0.474. The lowest BCUT2D eigenvalue weighted by Crippen LogP contribution is -2.52. The second-order valence-electron chi connectivity index (χ2n) is 6.62. The molecule has 2 heterocycles. The minimum atomic E-state index is -0.614. The third kappa shape index (κ3) is 5.11. The monoisotopic (exact) mass is 341 g/mol. The number of allylic oxidation sites excluding steroid dienone is 1. The van der Waals surface area contributed by atoms with Crippen LogP contribution in [0.15, 0.2) is 17.5 Å². The van der Waals surface area contributed by atoms with Gasteiger partial charge in [-0.15, -0.1) is 0 Å². The Morgan fingerprint density at radius 3 is 2.38 bits per heavy atom. The quantitative estimate of drug-likeness (QED) is 0.481. The van der Waals surface area contributed by atoms with Crippen molar-refractivity contribution < 1.29 is 19.3 Å². The summed E-state index contributed by atoms with van der Waals surface area (Å²) in [6.45, 7) is 10.3. The molecule has 2 aliphatic rings. The van der Waals surface area contributed by atoms with Gasteiger partial charge in [0.05, 0.1) is 30.6 Å². The molecule has 7 heteroatoms. The Balaban J connectivity index is 0.000000272. The maximum absolute atomic E-state index is 9.88. The number of aliphatic hydroxyl groups excluding tert-OH is 1. The SMILES string of the molecule is CC1OC=C[C@@H](C)[C@@H]1C.CCC1O[C@H](OC)C(N=[N+]=[N-])[C@@H](C)[C@@H]1O. The molecule has 0 aromatic carbocycles. The van der Waals surface area contributed by atoms with E-state index in [4.69, 9.17) is 19.7 Å². The Morgan fingerprint density at radius 1 is 1.25 bits per heavy atom. The van der Waals surface area contributed by atoms with Crippen LogP contribution in [0.25, 0.3) is 10.4 Å². The summed E-state index contributed by atoms with van der Waals surface area (Å²) in [7, 11) is 1.50. The van der Waals surface area contributed by atoms with Crippen LogP contribution in [0.3, 0.4) is 0 Å². The molecule has 1 N–H and O–H groups in total. The van der Waals surface area contributed by atoms with Crippen LogP contribution < -0.4 is 0 Å². The zero-order valence-electron chi connectivity index (χ0n) is 15.5. The van der Waals surface area contributed by atoms with Gasteiger partial charge in [-0.2, -0.15) is 0 Å². The van der Waals surface area contributed by atoms with E-state index < -0.39 is 18.4 Å². The van der Waals surface area contributed by atoms with Gasteiger partial charge in [0.15, 0.2) is 6.29 Å². The van der Waals surface area contributed by atoms with Gasteiger partial charge in [0.25, 0.3) is 0 Å². The summed E-state index contributed by atoms with van der Waals surface area (Å²) in [5.74, 6) is 1.17. The molecule has 1 saturated heterocycles. The van der Waals surface area contributed by atoms with Gasteiger partial charge in [0.2, 0.25) is 0 Å². The normalized spacial score (nSPS) is 41.5. The first-order valence-corrected chi connectivity index (χ1v) is 8.59. The first-order chi connectivity index (χ1) is 11.4.